The van der Waals surface area contributed by atoms with E-state index in [2.05, 4.69) is 0 Å². The molecule has 20 heavy (non-hydrogen) atoms. The highest BCUT2D eigenvalue weighted by molar-refractivity contribution is 7.89. The molecule has 0 radical (unpaired) electrons. The summed E-state index contributed by atoms with van der Waals surface area (Å²) in [6.07, 6.45) is 5.24. The van der Waals surface area contributed by atoms with E-state index in [9.17, 15) is 8.42 Å². The summed E-state index contributed by atoms with van der Waals surface area (Å²) in [5.41, 5.74) is 0.309. The predicted molar refractivity (Wildman–Crippen MR) is 75.4 cm³/mol. The summed E-state index contributed by atoms with van der Waals surface area (Å²) < 4.78 is 27.1. The normalized spacial score (nSPS) is 28.8. The van der Waals surface area contributed by atoms with Gasteiger partial charge >= 0.3 is 0 Å². The Morgan fingerprint density at radius 1 is 1.25 bits per heavy atom. The van der Waals surface area contributed by atoms with Crippen LogP contribution in [0.4, 0.5) is 0 Å². The fourth-order valence-corrected chi connectivity index (χ4v) is 5.28. The maximum absolute atomic E-state index is 12.7. The zero-order valence-corrected chi connectivity index (χ0v) is 12.4. The fourth-order valence-electron chi connectivity index (χ4n) is 3.72. The van der Waals surface area contributed by atoms with Gasteiger partial charge in [-0.25, -0.2) is 8.42 Å². The quantitative estimate of drug-likeness (QED) is 0.859. The van der Waals surface area contributed by atoms with Crippen molar-refractivity contribution < 1.29 is 8.42 Å². The number of rotatable bonds is 3. The summed E-state index contributed by atoms with van der Waals surface area (Å²) in [4.78, 5) is 0.281. The third kappa shape index (κ3) is 1.95. The first-order valence-corrected chi connectivity index (χ1v) is 8.41. The molecule has 0 aromatic heterocycles. The average Bonchev–Trinajstić information content (AvgIpc) is 3.08. The average molecular weight is 290 g/mol. The summed E-state index contributed by atoms with van der Waals surface area (Å²) in [6, 6.07) is 8.19. The Morgan fingerprint density at radius 2 is 1.85 bits per heavy atom. The van der Waals surface area contributed by atoms with Crippen LogP contribution in [0, 0.1) is 17.2 Å². The number of benzene rings is 1. The molecular weight excluding hydrogens is 272 g/mol. The molecule has 106 valence electrons. The maximum Gasteiger partial charge on any atom is 0.243 e. The molecule has 5 heteroatoms. The van der Waals surface area contributed by atoms with E-state index in [1.54, 1.807) is 23.5 Å². The molecular formula is C15H18N2O2S. The van der Waals surface area contributed by atoms with Gasteiger partial charge in [0, 0.05) is 12.6 Å². The van der Waals surface area contributed by atoms with Gasteiger partial charge in [-0.2, -0.15) is 9.57 Å². The molecule has 2 fully saturated rings. The minimum atomic E-state index is -3.47. The summed E-state index contributed by atoms with van der Waals surface area (Å²) in [7, 11) is -1.76. The molecule has 0 atom stereocenters. The van der Waals surface area contributed by atoms with Crippen LogP contribution < -0.4 is 0 Å². The van der Waals surface area contributed by atoms with Crippen LogP contribution in [0.2, 0.25) is 0 Å². The van der Waals surface area contributed by atoms with E-state index in [1.165, 1.54) is 12.1 Å². The first kappa shape index (κ1) is 13.6. The van der Waals surface area contributed by atoms with Gasteiger partial charge < -0.3 is 0 Å². The highest BCUT2D eigenvalue weighted by Gasteiger charge is 2.51. The van der Waals surface area contributed by atoms with Crippen molar-refractivity contribution in [1.82, 2.24) is 4.31 Å². The molecule has 4 nitrogen and oxygen atoms in total. The Labute approximate surface area is 120 Å². The lowest BCUT2D eigenvalue weighted by Gasteiger charge is -2.36. The van der Waals surface area contributed by atoms with Crippen molar-refractivity contribution in [2.75, 3.05) is 7.05 Å². The second-order valence-corrected chi connectivity index (χ2v) is 7.95. The van der Waals surface area contributed by atoms with Crippen LogP contribution in [-0.4, -0.2) is 25.3 Å². The van der Waals surface area contributed by atoms with Crippen LogP contribution >= 0.6 is 0 Å². The highest BCUT2D eigenvalue weighted by Crippen LogP contribution is 2.51. The van der Waals surface area contributed by atoms with Crippen molar-refractivity contribution in [3.8, 4) is 6.07 Å². The van der Waals surface area contributed by atoms with Gasteiger partial charge in [-0.1, -0.05) is 0 Å². The molecule has 2 aliphatic carbocycles. The molecule has 0 heterocycles. The number of nitriles is 1. The van der Waals surface area contributed by atoms with Crippen molar-refractivity contribution >= 4 is 10.0 Å². The summed E-state index contributed by atoms with van der Waals surface area (Å²) in [5.74, 6) is 0.702. The molecule has 0 aliphatic heterocycles. The molecule has 1 aromatic carbocycles. The minimum absolute atomic E-state index is 0.169. The summed E-state index contributed by atoms with van der Waals surface area (Å²) in [6.45, 7) is 0. The van der Waals surface area contributed by atoms with E-state index < -0.39 is 10.0 Å². The molecule has 0 saturated heterocycles. The van der Waals surface area contributed by atoms with Crippen LogP contribution in [0.3, 0.4) is 0 Å². The van der Waals surface area contributed by atoms with Crippen molar-refractivity contribution in [3.63, 3.8) is 0 Å². The monoisotopic (exact) mass is 290 g/mol. The number of nitrogens with zero attached hydrogens (tertiary/aromatic N) is 2. The smallest absolute Gasteiger partial charge is 0.207 e. The first-order chi connectivity index (χ1) is 9.48. The van der Waals surface area contributed by atoms with Gasteiger partial charge in [0.25, 0.3) is 0 Å². The lowest BCUT2D eigenvalue weighted by Crippen LogP contribution is -2.46. The second-order valence-electron chi connectivity index (χ2n) is 5.98. The van der Waals surface area contributed by atoms with Crippen molar-refractivity contribution in [2.45, 2.75) is 42.5 Å². The summed E-state index contributed by atoms with van der Waals surface area (Å²) in [5, 5.41) is 8.79. The molecule has 0 spiro atoms. The topological polar surface area (TPSA) is 61.2 Å². The predicted octanol–water partition coefficient (Wildman–Crippen LogP) is 2.51. The molecule has 0 amide bonds. The largest absolute Gasteiger partial charge is 0.243 e. The van der Waals surface area contributed by atoms with E-state index in [-0.39, 0.29) is 10.4 Å². The third-order valence-electron chi connectivity index (χ3n) is 5.01. The zero-order valence-electron chi connectivity index (χ0n) is 11.5. The SMILES string of the molecule is CN(C12CCC(CC1)C2)S(=O)(=O)c1ccc(C#N)cc1. The maximum atomic E-state index is 12.7. The molecule has 2 bridgehead atoms. The molecule has 0 unspecified atom stereocenters. The van der Waals surface area contributed by atoms with E-state index in [4.69, 9.17) is 5.26 Å². The highest BCUT2D eigenvalue weighted by atomic mass is 32.2. The number of fused-ring (bicyclic) bond motifs is 2. The van der Waals surface area contributed by atoms with Crippen LogP contribution in [0.1, 0.15) is 37.7 Å². The van der Waals surface area contributed by atoms with Gasteiger partial charge in [0.05, 0.1) is 16.5 Å². The molecule has 2 aliphatic rings. The van der Waals surface area contributed by atoms with Crippen LogP contribution in [0.25, 0.3) is 0 Å². The fraction of sp³-hybridized carbons (Fsp3) is 0.533. The summed E-state index contributed by atoms with van der Waals surface area (Å²) >= 11 is 0. The third-order valence-corrected chi connectivity index (χ3v) is 6.99. The molecule has 1 aromatic rings. The Kier molecular flexibility index (Phi) is 3.11. The van der Waals surface area contributed by atoms with Gasteiger partial charge in [-0.05, 0) is 62.3 Å². The Balaban J connectivity index is 1.93. The van der Waals surface area contributed by atoms with Gasteiger partial charge in [0.1, 0.15) is 0 Å². The van der Waals surface area contributed by atoms with Crippen LogP contribution in [0.5, 0.6) is 0 Å². The lowest BCUT2D eigenvalue weighted by molar-refractivity contribution is 0.223. The van der Waals surface area contributed by atoms with Crippen LogP contribution in [0.15, 0.2) is 29.2 Å². The van der Waals surface area contributed by atoms with Crippen molar-refractivity contribution in [1.29, 1.82) is 5.26 Å². The van der Waals surface area contributed by atoms with Crippen molar-refractivity contribution in [3.05, 3.63) is 29.8 Å². The molecule has 3 rings (SSSR count). The van der Waals surface area contributed by atoms with Crippen LogP contribution in [-0.2, 0) is 10.0 Å². The Morgan fingerprint density at radius 3 is 2.30 bits per heavy atom. The molecule has 0 N–H and O–H groups in total. The van der Waals surface area contributed by atoms with Gasteiger partial charge in [0.15, 0.2) is 0 Å². The lowest BCUT2D eigenvalue weighted by atomic mass is 9.94. The van der Waals surface area contributed by atoms with E-state index in [1.807, 2.05) is 6.07 Å². The Hall–Kier alpha value is -1.38. The number of hydrogen-bond acceptors (Lipinski definition) is 3. The van der Waals surface area contributed by atoms with Gasteiger partial charge in [-0.15, -0.1) is 0 Å². The minimum Gasteiger partial charge on any atom is -0.207 e. The number of sulfonamides is 1. The first-order valence-electron chi connectivity index (χ1n) is 6.97. The van der Waals surface area contributed by atoms with E-state index in [0.717, 1.165) is 32.1 Å². The zero-order chi connectivity index (χ0) is 14.4. The van der Waals surface area contributed by atoms with E-state index >= 15 is 0 Å². The van der Waals surface area contributed by atoms with E-state index in [0.29, 0.717) is 11.5 Å². The van der Waals surface area contributed by atoms with Gasteiger partial charge in [0.2, 0.25) is 10.0 Å². The van der Waals surface area contributed by atoms with Crippen molar-refractivity contribution in [2.24, 2.45) is 5.92 Å². The number of hydrogen-bond donors (Lipinski definition) is 0. The van der Waals surface area contributed by atoms with Gasteiger partial charge in [-0.3, -0.25) is 0 Å². The second kappa shape index (κ2) is 4.57. The molecule has 2 saturated carbocycles. The Bertz CT molecular complexity index is 650. The standard InChI is InChI=1S/C15H18N2O2S/c1-17(15-8-6-12(10-15)7-9-15)20(18,19)14-4-2-13(11-16)3-5-14/h2-5,12H,6-10H2,1H3.